The number of aromatic hydroxyl groups is 1. The van der Waals surface area contributed by atoms with Crippen molar-refractivity contribution in [1.29, 1.82) is 5.26 Å². The smallest absolute Gasteiger partial charge is 0.258 e. The van der Waals surface area contributed by atoms with Gasteiger partial charge in [0.05, 0.1) is 11.6 Å². The molecule has 0 radical (unpaired) electrons. The summed E-state index contributed by atoms with van der Waals surface area (Å²) in [7, 11) is 0. The van der Waals surface area contributed by atoms with E-state index in [1.54, 1.807) is 0 Å². The highest BCUT2D eigenvalue weighted by atomic mass is 19.1. The molecule has 0 aromatic heterocycles. The van der Waals surface area contributed by atoms with Crippen molar-refractivity contribution in [2.75, 3.05) is 6.54 Å². The Balaban J connectivity index is 2.37. The number of phenols is 1. The first kappa shape index (κ1) is 14.3. The third-order valence-electron chi connectivity index (χ3n) is 3.84. The summed E-state index contributed by atoms with van der Waals surface area (Å²) in [4.78, 5) is 13.9. The van der Waals surface area contributed by atoms with Gasteiger partial charge in [-0.25, -0.2) is 4.39 Å². The number of nitrogens with zero attached hydrogens (tertiary/aromatic N) is 2. The minimum absolute atomic E-state index is 0.0945. The molecule has 1 aliphatic heterocycles. The van der Waals surface area contributed by atoms with Gasteiger partial charge in [0, 0.05) is 6.54 Å². The van der Waals surface area contributed by atoms with Crippen LogP contribution in [0.4, 0.5) is 4.39 Å². The summed E-state index contributed by atoms with van der Waals surface area (Å²) in [5.74, 6) is -1.35. The molecule has 1 aromatic carbocycles. The van der Waals surface area contributed by atoms with Gasteiger partial charge in [-0.1, -0.05) is 13.8 Å². The van der Waals surface area contributed by atoms with Gasteiger partial charge in [0.1, 0.15) is 17.6 Å². The van der Waals surface area contributed by atoms with E-state index >= 15 is 0 Å². The number of hydrogen-bond donors (Lipinski definition) is 1. The lowest BCUT2D eigenvalue weighted by atomic mass is 9.77. The molecule has 0 spiro atoms. The van der Waals surface area contributed by atoms with E-state index in [1.165, 1.54) is 4.90 Å². The fraction of sp³-hybridized carbons (Fsp3) is 0.467. The van der Waals surface area contributed by atoms with Crippen LogP contribution in [-0.4, -0.2) is 28.5 Å². The summed E-state index contributed by atoms with van der Waals surface area (Å²) < 4.78 is 13.3. The first-order chi connectivity index (χ1) is 9.36. The molecule has 1 aromatic rings. The quantitative estimate of drug-likeness (QED) is 0.857. The number of hydrogen-bond acceptors (Lipinski definition) is 3. The molecule has 1 amide bonds. The van der Waals surface area contributed by atoms with Gasteiger partial charge in [-0.05, 0) is 36.5 Å². The molecule has 5 heteroatoms. The second-order valence-electron chi connectivity index (χ2n) is 5.78. The fourth-order valence-corrected chi connectivity index (χ4v) is 2.69. The first-order valence-electron chi connectivity index (χ1n) is 6.56. The molecule has 0 unspecified atom stereocenters. The highest BCUT2D eigenvalue weighted by Gasteiger charge is 2.40. The Labute approximate surface area is 117 Å². The number of carbonyl (C=O) groups excluding carboxylic acids is 1. The maximum absolute atomic E-state index is 13.3. The Hall–Kier alpha value is -2.09. The number of benzene rings is 1. The molecule has 1 aliphatic rings. The average Bonchev–Trinajstić information content (AvgIpc) is 2.39. The van der Waals surface area contributed by atoms with E-state index in [-0.39, 0.29) is 16.7 Å². The lowest BCUT2D eigenvalue weighted by molar-refractivity contribution is 0.0435. The molecule has 1 atom stereocenters. The van der Waals surface area contributed by atoms with Crippen molar-refractivity contribution >= 4 is 5.91 Å². The summed E-state index contributed by atoms with van der Waals surface area (Å²) in [5.41, 5.74) is -0.408. The predicted molar refractivity (Wildman–Crippen MR) is 71.5 cm³/mol. The van der Waals surface area contributed by atoms with Crippen molar-refractivity contribution in [3.05, 3.63) is 29.6 Å². The van der Waals surface area contributed by atoms with Crippen molar-refractivity contribution in [3.63, 3.8) is 0 Å². The minimum atomic E-state index is -0.587. The van der Waals surface area contributed by atoms with Crippen molar-refractivity contribution < 1.29 is 14.3 Å². The summed E-state index contributed by atoms with van der Waals surface area (Å²) in [6, 6.07) is 4.83. The standard InChI is InChI=1S/C15H17FN2O2/c1-15(2)6-3-7-18(13(15)9-17)14(20)11-8-10(16)4-5-12(11)19/h4-5,8,13,19H,3,6-7H2,1-2H3/t13-/m1/s1. The molecule has 0 bridgehead atoms. The van der Waals surface area contributed by atoms with E-state index in [9.17, 15) is 19.6 Å². The van der Waals surface area contributed by atoms with Crippen LogP contribution in [0.2, 0.25) is 0 Å². The van der Waals surface area contributed by atoms with Crippen molar-refractivity contribution in [2.24, 2.45) is 5.41 Å². The summed E-state index contributed by atoms with van der Waals surface area (Å²) in [6.07, 6.45) is 1.64. The normalized spacial score (nSPS) is 21.3. The molecule has 1 fully saturated rings. The number of likely N-dealkylation sites (tertiary alicyclic amines) is 1. The van der Waals surface area contributed by atoms with Gasteiger partial charge in [0.25, 0.3) is 5.91 Å². The number of rotatable bonds is 1. The van der Waals surface area contributed by atoms with Crippen molar-refractivity contribution in [3.8, 4) is 11.8 Å². The highest BCUT2D eigenvalue weighted by Crippen LogP contribution is 2.36. The van der Waals surface area contributed by atoms with Gasteiger partial charge in [-0.15, -0.1) is 0 Å². The van der Waals surface area contributed by atoms with Crippen LogP contribution in [-0.2, 0) is 0 Å². The van der Waals surface area contributed by atoms with Crippen LogP contribution in [0.25, 0.3) is 0 Å². The Morgan fingerprint density at radius 3 is 2.90 bits per heavy atom. The van der Waals surface area contributed by atoms with E-state index in [2.05, 4.69) is 6.07 Å². The third-order valence-corrected chi connectivity index (χ3v) is 3.84. The number of phenolic OH excluding ortho intramolecular Hbond substituents is 1. The van der Waals surface area contributed by atoms with Gasteiger partial charge in [0.2, 0.25) is 0 Å². The van der Waals surface area contributed by atoms with Crippen LogP contribution in [0.15, 0.2) is 18.2 Å². The first-order valence-corrected chi connectivity index (χ1v) is 6.56. The zero-order valence-electron chi connectivity index (χ0n) is 11.6. The largest absolute Gasteiger partial charge is 0.507 e. The lowest BCUT2D eigenvalue weighted by Gasteiger charge is -2.42. The van der Waals surface area contributed by atoms with Crippen LogP contribution in [0.5, 0.6) is 5.75 Å². The molecule has 106 valence electrons. The fourth-order valence-electron chi connectivity index (χ4n) is 2.69. The molecule has 1 N–H and O–H groups in total. The topological polar surface area (TPSA) is 64.3 Å². The SMILES string of the molecule is CC1(C)CCCN(C(=O)c2cc(F)ccc2O)[C@@H]1C#N. The van der Waals surface area contributed by atoms with Gasteiger partial charge in [-0.3, -0.25) is 4.79 Å². The van der Waals surface area contributed by atoms with Gasteiger partial charge < -0.3 is 10.0 Å². The second-order valence-corrected chi connectivity index (χ2v) is 5.78. The molecular weight excluding hydrogens is 259 g/mol. The number of carbonyl (C=O) groups is 1. The van der Waals surface area contributed by atoms with Crippen molar-refractivity contribution in [1.82, 2.24) is 4.90 Å². The van der Waals surface area contributed by atoms with Crippen LogP contribution < -0.4 is 0 Å². The number of piperidine rings is 1. The van der Waals surface area contributed by atoms with Gasteiger partial charge in [0.15, 0.2) is 0 Å². The molecule has 1 saturated heterocycles. The van der Waals surface area contributed by atoms with E-state index < -0.39 is 17.8 Å². The highest BCUT2D eigenvalue weighted by molar-refractivity contribution is 5.97. The Bertz CT molecular complexity index is 578. The van der Waals surface area contributed by atoms with E-state index in [0.29, 0.717) is 6.54 Å². The minimum Gasteiger partial charge on any atom is -0.507 e. The van der Waals surface area contributed by atoms with Crippen LogP contribution in [0.1, 0.15) is 37.0 Å². The zero-order chi connectivity index (χ0) is 14.9. The molecule has 1 heterocycles. The van der Waals surface area contributed by atoms with Gasteiger partial charge >= 0.3 is 0 Å². The maximum Gasteiger partial charge on any atom is 0.258 e. The lowest BCUT2D eigenvalue weighted by Crippen LogP contribution is -2.51. The molecule has 4 nitrogen and oxygen atoms in total. The second kappa shape index (κ2) is 5.12. The molecule has 0 saturated carbocycles. The maximum atomic E-state index is 13.3. The summed E-state index contributed by atoms with van der Waals surface area (Å²) >= 11 is 0. The van der Waals surface area contributed by atoms with Gasteiger partial charge in [-0.2, -0.15) is 5.26 Å². The monoisotopic (exact) mass is 276 g/mol. The molecule has 20 heavy (non-hydrogen) atoms. The number of amides is 1. The summed E-state index contributed by atoms with van der Waals surface area (Å²) in [6.45, 7) is 4.31. The molecular formula is C15H17FN2O2. The third kappa shape index (κ3) is 2.46. The Morgan fingerprint density at radius 1 is 1.55 bits per heavy atom. The van der Waals surface area contributed by atoms with Crippen LogP contribution >= 0.6 is 0 Å². The Kier molecular flexibility index (Phi) is 3.67. The van der Waals surface area contributed by atoms with Crippen molar-refractivity contribution in [2.45, 2.75) is 32.7 Å². The number of halogens is 1. The van der Waals surface area contributed by atoms with E-state index in [0.717, 1.165) is 31.0 Å². The summed E-state index contributed by atoms with van der Waals surface area (Å²) in [5, 5.41) is 19.1. The predicted octanol–water partition coefficient (Wildman–Crippen LogP) is 2.69. The number of nitriles is 1. The molecule has 0 aliphatic carbocycles. The Morgan fingerprint density at radius 2 is 2.25 bits per heavy atom. The molecule has 2 rings (SSSR count). The van der Waals surface area contributed by atoms with E-state index in [1.807, 2.05) is 13.8 Å². The van der Waals surface area contributed by atoms with E-state index in [4.69, 9.17) is 0 Å². The van der Waals surface area contributed by atoms with Crippen LogP contribution in [0.3, 0.4) is 0 Å². The average molecular weight is 276 g/mol. The van der Waals surface area contributed by atoms with Crippen LogP contribution in [0, 0.1) is 22.6 Å². The zero-order valence-corrected chi connectivity index (χ0v) is 11.6.